The fourth-order valence-corrected chi connectivity index (χ4v) is 11.6. The molecule has 4 heterocycles. The van der Waals surface area contributed by atoms with Gasteiger partial charge >= 0.3 is 0 Å². The van der Waals surface area contributed by atoms with Crippen LogP contribution in [0.5, 0.6) is 0 Å². The Balaban J connectivity index is 0.886. The Morgan fingerprint density at radius 1 is 0.594 bits per heavy atom. The molecule has 5 heteroatoms. The van der Waals surface area contributed by atoms with Crippen molar-refractivity contribution in [1.82, 2.24) is 4.40 Å². The van der Waals surface area contributed by atoms with Crippen LogP contribution in [0.25, 0.3) is 93.4 Å². The highest BCUT2D eigenvalue weighted by Gasteiger charge is 2.24. The van der Waals surface area contributed by atoms with Crippen molar-refractivity contribution in [2.24, 2.45) is 0 Å². The summed E-state index contributed by atoms with van der Waals surface area (Å²) in [5.41, 5.74) is 15.5. The van der Waals surface area contributed by atoms with E-state index < -0.39 is 0 Å². The molecule has 0 aliphatic heterocycles. The first-order valence-corrected chi connectivity index (χ1v) is 22.9. The Kier molecular flexibility index (Phi) is 8.46. The Morgan fingerprint density at radius 2 is 1.28 bits per heavy atom. The van der Waals surface area contributed by atoms with E-state index in [4.69, 9.17) is 4.42 Å². The van der Waals surface area contributed by atoms with E-state index in [2.05, 4.69) is 161 Å². The lowest BCUT2D eigenvalue weighted by molar-refractivity contribution is -0.105. The summed E-state index contributed by atoms with van der Waals surface area (Å²) in [7, 11) is 0. The third-order valence-corrected chi connectivity index (χ3v) is 14.7. The second-order valence-electron chi connectivity index (χ2n) is 17.0. The highest BCUT2D eigenvalue weighted by atomic mass is 32.1. The minimum atomic E-state index is 0.571. The first-order chi connectivity index (χ1) is 31.7. The predicted octanol–water partition coefficient (Wildman–Crippen LogP) is 15.9. The SMILES string of the molecule is O=C/C(=C\C=C\c1ccc2c(c1)oc1ccccc12)N(C1=CC=C(C2=Cc3c(sc4ccccc34)CC2)CC1)c1ccc(-c2cc3c4ccccc4n4c5ccccc5c(c2)c34)cc1. The number of fused-ring (bicyclic) bond motifs is 12. The number of carbonyl (C=O) groups excluding carboxylic acids is 1. The van der Waals surface area contributed by atoms with E-state index in [0.29, 0.717) is 5.70 Å². The quantitative estimate of drug-likeness (QED) is 0.0869. The third-order valence-electron chi connectivity index (χ3n) is 13.5. The highest BCUT2D eigenvalue weighted by molar-refractivity contribution is 7.19. The number of aldehydes is 1. The number of furan rings is 1. The summed E-state index contributed by atoms with van der Waals surface area (Å²) in [6.45, 7) is 0. The second kappa shape index (κ2) is 14.7. The molecule has 13 rings (SSSR count). The van der Waals surface area contributed by atoms with Gasteiger partial charge in [0.15, 0.2) is 6.29 Å². The van der Waals surface area contributed by atoms with Crippen molar-refractivity contribution in [3.63, 3.8) is 0 Å². The fourth-order valence-electron chi connectivity index (χ4n) is 10.5. The molecule has 4 aromatic heterocycles. The van der Waals surface area contributed by atoms with E-state index in [1.165, 1.54) is 75.3 Å². The molecule has 7 aromatic carbocycles. The smallest absolute Gasteiger partial charge is 0.166 e. The van der Waals surface area contributed by atoms with Gasteiger partial charge in [0, 0.05) is 53.3 Å². The molecule has 0 fully saturated rings. The van der Waals surface area contributed by atoms with Crippen LogP contribution in [0.2, 0.25) is 0 Å². The monoisotopic (exact) mass is 840 g/mol. The van der Waals surface area contributed by atoms with Gasteiger partial charge in [0.2, 0.25) is 0 Å². The molecule has 0 spiro atoms. The van der Waals surface area contributed by atoms with Crippen molar-refractivity contribution in [1.29, 1.82) is 0 Å². The van der Waals surface area contributed by atoms with Crippen LogP contribution in [0.3, 0.4) is 0 Å². The number of nitrogens with zero attached hydrogens (tertiary/aromatic N) is 2. The zero-order chi connectivity index (χ0) is 42.3. The Hall–Kier alpha value is -7.73. The van der Waals surface area contributed by atoms with E-state index in [-0.39, 0.29) is 0 Å². The normalized spacial score (nSPS) is 14.7. The summed E-state index contributed by atoms with van der Waals surface area (Å²) in [4.78, 5) is 16.9. The van der Waals surface area contributed by atoms with Crippen LogP contribution in [0.15, 0.2) is 203 Å². The van der Waals surface area contributed by atoms with Crippen molar-refractivity contribution in [3.8, 4) is 11.1 Å². The van der Waals surface area contributed by atoms with E-state index in [1.807, 2.05) is 47.8 Å². The number of allylic oxidation sites excluding steroid dienone is 8. The van der Waals surface area contributed by atoms with Gasteiger partial charge in [-0.25, -0.2) is 0 Å². The van der Waals surface area contributed by atoms with Gasteiger partial charge < -0.3 is 13.7 Å². The van der Waals surface area contributed by atoms with Crippen molar-refractivity contribution >= 4 is 106 Å². The maximum atomic E-state index is 13.2. The molecule has 304 valence electrons. The summed E-state index contributed by atoms with van der Waals surface area (Å²) in [5.74, 6) is 0. The molecule has 0 amide bonds. The van der Waals surface area contributed by atoms with Crippen LogP contribution in [-0.4, -0.2) is 10.7 Å². The van der Waals surface area contributed by atoms with Crippen LogP contribution in [0.4, 0.5) is 5.69 Å². The molecule has 0 bridgehead atoms. The predicted molar refractivity (Wildman–Crippen MR) is 269 cm³/mol. The summed E-state index contributed by atoms with van der Waals surface area (Å²) < 4.78 is 9.96. The standard InChI is InChI=1S/C59H40N2O2S/c62-36-44(11-9-10-37-20-30-48-47-14-3-7-18-55(47)63-56(48)32-37)60(42-26-21-38(22-27-42)40-25-31-58-50(33-40)49-15-4-8-19-57(49)64-58)43-28-23-39(24-29-43)41-34-51-45-12-1-5-16-53(45)61-54-17-6-2-13-46(54)52(35-41)59(51)61/h1-21,23-24,26,28-30,32-36H,22,25,27,31H2/b10-9+,44-11+. The number of carbonyl (C=O) groups is 1. The van der Waals surface area contributed by atoms with E-state index in [0.717, 1.165) is 76.4 Å². The number of benzene rings is 7. The summed E-state index contributed by atoms with van der Waals surface area (Å²) in [6.07, 6.45) is 17.7. The fraction of sp³-hybridized carbons (Fsp3) is 0.0678. The van der Waals surface area contributed by atoms with Gasteiger partial charge in [-0.15, -0.1) is 11.3 Å². The van der Waals surface area contributed by atoms with Crippen LogP contribution >= 0.6 is 11.3 Å². The molecule has 0 saturated heterocycles. The van der Waals surface area contributed by atoms with Gasteiger partial charge in [-0.2, -0.15) is 0 Å². The Bertz CT molecular complexity index is 3780. The molecule has 0 radical (unpaired) electrons. The number of aryl methyl sites for hydroxylation is 1. The average Bonchev–Trinajstić information content (AvgIpc) is 4.10. The van der Waals surface area contributed by atoms with Crippen molar-refractivity contribution < 1.29 is 9.21 Å². The topological polar surface area (TPSA) is 37.9 Å². The number of rotatable bonds is 8. The van der Waals surface area contributed by atoms with Crippen LogP contribution in [-0.2, 0) is 11.2 Å². The maximum absolute atomic E-state index is 13.2. The van der Waals surface area contributed by atoms with E-state index >= 15 is 0 Å². The van der Waals surface area contributed by atoms with Crippen LogP contribution in [0.1, 0.15) is 35.3 Å². The summed E-state index contributed by atoms with van der Waals surface area (Å²) >= 11 is 1.93. The van der Waals surface area contributed by atoms with Gasteiger partial charge in [0.25, 0.3) is 0 Å². The number of thiophene rings is 1. The van der Waals surface area contributed by atoms with Crippen molar-refractivity contribution in [2.45, 2.75) is 25.7 Å². The lowest BCUT2D eigenvalue weighted by Crippen LogP contribution is -2.24. The van der Waals surface area contributed by atoms with Crippen molar-refractivity contribution in [3.05, 3.63) is 215 Å². The van der Waals surface area contributed by atoms with Gasteiger partial charge in [-0.1, -0.05) is 109 Å². The van der Waals surface area contributed by atoms with E-state index in [9.17, 15) is 4.79 Å². The van der Waals surface area contributed by atoms with Gasteiger partial charge in [0.1, 0.15) is 11.2 Å². The third kappa shape index (κ3) is 5.85. The number of hydrogen-bond donors (Lipinski definition) is 0. The molecule has 2 aliphatic rings. The summed E-state index contributed by atoms with van der Waals surface area (Å²) in [5, 5.41) is 8.59. The van der Waals surface area contributed by atoms with Gasteiger partial charge in [0.05, 0.1) is 22.2 Å². The lowest BCUT2D eigenvalue weighted by atomic mass is 9.87. The first-order valence-electron chi connectivity index (χ1n) is 22.1. The second-order valence-corrected chi connectivity index (χ2v) is 18.2. The number of hydrogen-bond acceptors (Lipinski definition) is 4. The largest absolute Gasteiger partial charge is 0.456 e. The van der Waals surface area contributed by atoms with Crippen LogP contribution in [0, 0.1) is 0 Å². The molecular weight excluding hydrogens is 801 g/mol. The molecular formula is C59H40N2O2S. The molecule has 0 N–H and O–H groups in total. The molecule has 2 aliphatic carbocycles. The maximum Gasteiger partial charge on any atom is 0.166 e. The number of anilines is 1. The van der Waals surface area contributed by atoms with E-state index in [1.54, 1.807) is 0 Å². The minimum absolute atomic E-state index is 0.571. The summed E-state index contributed by atoms with van der Waals surface area (Å²) in [6, 6.07) is 54.1. The minimum Gasteiger partial charge on any atom is -0.456 e. The number of aromatic nitrogens is 1. The molecule has 64 heavy (non-hydrogen) atoms. The zero-order valence-electron chi connectivity index (χ0n) is 34.9. The first kappa shape index (κ1) is 36.9. The average molecular weight is 841 g/mol. The zero-order valence-corrected chi connectivity index (χ0v) is 35.7. The molecule has 0 saturated carbocycles. The molecule has 4 nitrogen and oxygen atoms in total. The van der Waals surface area contributed by atoms with Gasteiger partial charge in [-0.05, 0) is 143 Å². The highest BCUT2D eigenvalue weighted by Crippen LogP contribution is 2.44. The molecule has 0 unspecified atom stereocenters. The van der Waals surface area contributed by atoms with Crippen LogP contribution < -0.4 is 4.90 Å². The molecule has 11 aromatic rings. The molecule has 0 atom stereocenters. The lowest BCUT2D eigenvalue weighted by Gasteiger charge is -2.30. The Labute approximate surface area is 373 Å². The van der Waals surface area contributed by atoms with Crippen molar-refractivity contribution in [2.75, 3.05) is 4.90 Å². The number of para-hydroxylation sites is 3. The van der Waals surface area contributed by atoms with Gasteiger partial charge in [-0.3, -0.25) is 4.79 Å². The Morgan fingerprint density at radius 3 is 2.03 bits per heavy atom.